The molecule has 2 bridgehead atoms. The van der Waals surface area contributed by atoms with Gasteiger partial charge in [-0.2, -0.15) is 0 Å². The standard InChI is InChI=1S/C14H20BrN3/c1-8(2)14-17-12(15)7-13(18-14)16-11-6-9-3-4-10(11)5-9/h7-11H,3-6H2,1-2H3,(H,16,17,18). The molecular weight excluding hydrogens is 290 g/mol. The highest BCUT2D eigenvalue weighted by molar-refractivity contribution is 9.10. The molecule has 3 nitrogen and oxygen atoms in total. The molecular formula is C14H20BrN3. The molecule has 3 atom stereocenters. The topological polar surface area (TPSA) is 37.8 Å². The second-order valence-electron chi connectivity index (χ2n) is 6.01. The first-order chi connectivity index (χ1) is 8.61. The number of halogens is 1. The molecule has 2 aliphatic carbocycles. The lowest BCUT2D eigenvalue weighted by Crippen LogP contribution is -2.26. The third kappa shape index (κ3) is 2.40. The Hall–Kier alpha value is -0.640. The molecule has 0 saturated heterocycles. The van der Waals surface area contributed by atoms with E-state index in [4.69, 9.17) is 0 Å². The third-order valence-electron chi connectivity index (χ3n) is 4.30. The second-order valence-corrected chi connectivity index (χ2v) is 6.83. The second kappa shape index (κ2) is 4.80. The first-order valence-electron chi connectivity index (χ1n) is 6.93. The van der Waals surface area contributed by atoms with Gasteiger partial charge in [0.25, 0.3) is 0 Å². The Kier molecular flexibility index (Phi) is 3.31. The van der Waals surface area contributed by atoms with Crippen molar-refractivity contribution in [1.82, 2.24) is 9.97 Å². The molecule has 18 heavy (non-hydrogen) atoms. The van der Waals surface area contributed by atoms with Gasteiger partial charge in [0, 0.05) is 18.0 Å². The molecule has 1 N–H and O–H groups in total. The fraction of sp³-hybridized carbons (Fsp3) is 0.714. The summed E-state index contributed by atoms with van der Waals surface area (Å²) in [6.07, 6.45) is 5.57. The summed E-state index contributed by atoms with van der Waals surface area (Å²) >= 11 is 3.48. The summed E-state index contributed by atoms with van der Waals surface area (Å²) in [5.74, 6) is 4.09. The molecule has 0 spiro atoms. The van der Waals surface area contributed by atoms with Crippen molar-refractivity contribution in [3.8, 4) is 0 Å². The number of anilines is 1. The van der Waals surface area contributed by atoms with E-state index in [9.17, 15) is 0 Å². The van der Waals surface area contributed by atoms with Gasteiger partial charge in [-0.25, -0.2) is 9.97 Å². The Morgan fingerprint density at radius 2 is 2.11 bits per heavy atom. The highest BCUT2D eigenvalue weighted by atomic mass is 79.9. The Labute approximate surface area is 117 Å². The van der Waals surface area contributed by atoms with Gasteiger partial charge in [0.2, 0.25) is 0 Å². The summed E-state index contributed by atoms with van der Waals surface area (Å²) in [6.45, 7) is 4.26. The molecule has 1 aromatic rings. The van der Waals surface area contributed by atoms with Crippen molar-refractivity contribution in [2.45, 2.75) is 51.5 Å². The van der Waals surface area contributed by atoms with E-state index in [1.165, 1.54) is 25.7 Å². The third-order valence-corrected chi connectivity index (χ3v) is 4.71. The Bertz CT molecular complexity index is 447. The quantitative estimate of drug-likeness (QED) is 0.859. The van der Waals surface area contributed by atoms with Crippen LogP contribution < -0.4 is 5.32 Å². The Balaban J connectivity index is 1.76. The van der Waals surface area contributed by atoms with Gasteiger partial charge in [0.15, 0.2) is 0 Å². The smallest absolute Gasteiger partial charge is 0.134 e. The molecule has 0 aliphatic heterocycles. The van der Waals surface area contributed by atoms with E-state index in [1.54, 1.807) is 0 Å². The van der Waals surface area contributed by atoms with E-state index in [1.807, 2.05) is 6.07 Å². The average molecular weight is 310 g/mol. The lowest BCUT2D eigenvalue weighted by Gasteiger charge is -2.23. The molecule has 2 fully saturated rings. The summed E-state index contributed by atoms with van der Waals surface area (Å²) in [6, 6.07) is 2.63. The molecule has 3 rings (SSSR count). The molecule has 3 unspecified atom stereocenters. The van der Waals surface area contributed by atoms with Crippen LogP contribution in [0.3, 0.4) is 0 Å². The lowest BCUT2D eigenvalue weighted by molar-refractivity contribution is 0.438. The fourth-order valence-corrected chi connectivity index (χ4v) is 3.78. The zero-order valence-corrected chi connectivity index (χ0v) is 12.6. The van der Waals surface area contributed by atoms with Crippen molar-refractivity contribution in [3.05, 3.63) is 16.5 Å². The van der Waals surface area contributed by atoms with Crippen molar-refractivity contribution in [2.75, 3.05) is 5.32 Å². The van der Waals surface area contributed by atoms with Crippen molar-refractivity contribution >= 4 is 21.7 Å². The van der Waals surface area contributed by atoms with Gasteiger partial charge < -0.3 is 5.32 Å². The predicted octanol–water partition coefficient (Wildman–Crippen LogP) is 3.96. The van der Waals surface area contributed by atoms with Crippen LogP contribution in [0.1, 0.15) is 51.3 Å². The molecule has 2 aliphatic rings. The van der Waals surface area contributed by atoms with E-state index in [0.717, 1.165) is 28.1 Å². The minimum atomic E-state index is 0.364. The molecule has 0 radical (unpaired) electrons. The number of fused-ring (bicyclic) bond motifs is 2. The van der Waals surface area contributed by atoms with Crippen LogP contribution >= 0.6 is 15.9 Å². The van der Waals surface area contributed by atoms with Crippen molar-refractivity contribution in [2.24, 2.45) is 11.8 Å². The van der Waals surface area contributed by atoms with E-state index >= 15 is 0 Å². The number of hydrogen-bond donors (Lipinski definition) is 1. The normalized spacial score (nSPS) is 30.1. The maximum absolute atomic E-state index is 4.63. The van der Waals surface area contributed by atoms with Gasteiger partial charge in [-0.15, -0.1) is 0 Å². The van der Waals surface area contributed by atoms with Gasteiger partial charge in [-0.3, -0.25) is 0 Å². The zero-order valence-electron chi connectivity index (χ0n) is 11.0. The van der Waals surface area contributed by atoms with Gasteiger partial charge in [-0.05, 0) is 47.0 Å². The number of nitrogens with zero attached hydrogens (tertiary/aromatic N) is 2. The van der Waals surface area contributed by atoms with Crippen molar-refractivity contribution in [3.63, 3.8) is 0 Å². The van der Waals surface area contributed by atoms with E-state index in [-0.39, 0.29) is 0 Å². The van der Waals surface area contributed by atoms with Gasteiger partial charge in [0.05, 0.1) is 0 Å². The predicted molar refractivity (Wildman–Crippen MR) is 76.7 cm³/mol. The van der Waals surface area contributed by atoms with Crippen LogP contribution in [-0.2, 0) is 0 Å². The van der Waals surface area contributed by atoms with Gasteiger partial charge in [0.1, 0.15) is 16.2 Å². The molecule has 0 amide bonds. The number of aromatic nitrogens is 2. The van der Waals surface area contributed by atoms with E-state index in [2.05, 4.69) is 45.1 Å². The van der Waals surface area contributed by atoms with Crippen LogP contribution in [0.5, 0.6) is 0 Å². The first kappa shape index (κ1) is 12.4. The summed E-state index contributed by atoms with van der Waals surface area (Å²) in [4.78, 5) is 9.05. The first-order valence-corrected chi connectivity index (χ1v) is 7.72. The largest absolute Gasteiger partial charge is 0.367 e. The lowest BCUT2D eigenvalue weighted by atomic mass is 9.95. The van der Waals surface area contributed by atoms with Crippen LogP contribution in [-0.4, -0.2) is 16.0 Å². The highest BCUT2D eigenvalue weighted by Crippen LogP contribution is 2.45. The van der Waals surface area contributed by atoms with Crippen molar-refractivity contribution < 1.29 is 0 Å². The van der Waals surface area contributed by atoms with Gasteiger partial charge >= 0.3 is 0 Å². The fourth-order valence-electron chi connectivity index (χ4n) is 3.38. The minimum absolute atomic E-state index is 0.364. The summed E-state index contributed by atoms with van der Waals surface area (Å²) in [5.41, 5.74) is 0. The maximum atomic E-state index is 4.63. The maximum Gasteiger partial charge on any atom is 0.134 e. The summed E-state index contributed by atoms with van der Waals surface area (Å²) in [7, 11) is 0. The summed E-state index contributed by atoms with van der Waals surface area (Å²) in [5, 5.41) is 3.63. The highest BCUT2D eigenvalue weighted by Gasteiger charge is 2.39. The van der Waals surface area contributed by atoms with Crippen LogP contribution in [0.15, 0.2) is 10.7 Å². The zero-order chi connectivity index (χ0) is 12.7. The molecule has 2 saturated carbocycles. The van der Waals surface area contributed by atoms with Crippen LogP contribution in [0.25, 0.3) is 0 Å². The summed E-state index contributed by atoms with van der Waals surface area (Å²) < 4.78 is 0.881. The SMILES string of the molecule is CC(C)c1nc(Br)cc(NC2CC3CCC2C3)n1. The van der Waals surface area contributed by atoms with Crippen LogP contribution in [0.4, 0.5) is 5.82 Å². The number of hydrogen-bond acceptors (Lipinski definition) is 3. The molecule has 4 heteroatoms. The minimum Gasteiger partial charge on any atom is -0.367 e. The monoisotopic (exact) mass is 309 g/mol. The Morgan fingerprint density at radius 3 is 2.72 bits per heavy atom. The molecule has 0 aromatic carbocycles. The van der Waals surface area contributed by atoms with E-state index < -0.39 is 0 Å². The molecule has 1 heterocycles. The number of rotatable bonds is 3. The van der Waals surface area contributed by atoms with Gasteiger partial charge in [-0.1, -0.05) is 20.3 Å². The molecule has 1 aromatic heterocycles. The van der Waals surface area contributed by atoms with Crippen LogP contribution in [0.2, 0.25) is 0 Å². The van der Waals surface area contributed by atoms with E-state index in [0.29, 0.717) is 12.0 Å². The van der Waals surface area contributed by atoms with Crippen LogP contribution in [0, 0.1) is 11.8 Å². The molecule has 98 valence electrons. The Morgan fingerprint density at radius 1 is 1.28 bits per heavy atom. The van der Waals surface area contributed by atoms with Crippen molar-refractivity contribution in [1.29, 1.82) is 0 Å². The average Bonchev–Trinajstić information content (AvgIpc) is 2.90. The number of nitrogens with one attached hydrogen (secondary N) is 1.